The topological polar surface area (TPSA) is 76.0 Å². The lowest BCUT2D eigenvalue weighted by Crippen LogP contribution is -2.30. The summed E-state index contributed by atoms with van der Waals surface area (Å²) in [6, 6.07) is 6.57. The van der Waals surface area contributed by atoms with Gasteiger partial charge < -0.3 is 5.32 Å². The van der Waals surface area contributed by atoms with Crippen LogP contribution in [0.4, 0.5) is 5.69 Å². The van der Waals surface area contributed by atoms with Crippen LogP contribution in [0.1, 0.15) is 19.4 Å². The molecule has 0 aliphatic heterocycles. The minimum absolute atomic E-state index is 0.126. The number of hydrogen-bond donors (Lipinski definition) is 2. The van der Waals surface area contributed by atoms with Gasteiger partial charge in [-0.1, -0.05) is 0 Å². The average Bonchev–Trinajstić information content (AvgIpc) is 2.81. The predicted molar refractivity (Wildman–Crippen MR) is 82.4 cm³/mol. The number of aromatic nitrogens is 2. The van der Waals surface area contributed by atoms with Gasteiger partial charge in [0.05, 0.1) is 11.1 Å². The molecule has 0 fully saturated rings. The normalized spacial score (nSPS) is 11.8. The maximum absolute atomic E-state index is 12.0. The van der Waals surface area contributed by atoms with E-state index in [-0.39, 0.29) is 10.9 Å². The number of sulfonamides is 1. The van der Waals surface area contributed by atoms with Crippen molar-refractivity contribution in [1.82, 2.24) is 14.5 Å². The Kier molecular flexibility index (Phi) is 4.64. The molecule has 1 heterocycles. The van der Waals surface area contributed by atoms with E-state index in [2.05, 4.69) is 15.1 Å². The van der Waals surface area contributed by atoms with Crippen molar-refractivity contribution in [2.75, 3.05) is 5.32 Å². The van der Waals surface area contributed by atoms with Crippen LogP contribution < -0.4 is 10.0 Å². The molecule has 0 saturated carbocycles. The summed E-state index contributed by atoms with van der Waals surface area (Å²) < 4.78 is 28.3. The van der Waals surface area contributed by atoms with Crippen molar-refractivity contribution in [3.05, 3.63) is 42.2 Å². The molecule has 1 aromatic carbocycles. The molecule has 114 valence electrons. The Labute approximate surface area is 125 Å². The minimum atomic E-state index is -3.43. The summed E-state index contributed by atoms with van der Waals surface area (Å²) in [6.07, 6.45) is 3.72. The van der Waals surface area contributed by atoms with E-state index in [1.165, 1.54) is 0 Å². The number of aryl methyl sites for hydroxylation is 1. The van der Waals surface area contributed by atoms with Crippen molar-refractivity contribution >= 4 is 15.7 Å². The third kappa shape index (κ3) is 4.30. The van der Waals surface area contributed by atoms with Gasteiger partial charge in [0, 0.05) is 37.1 Å². The molecule has 6 nitrogen and oxygen atoms in total. The van der Waals surface area contributed by atoms with Gasteiger partial charge in [-0.15, -0.1) is 0 Å². The van der Waals surface area contributed by atoms with Crippen molar-refractivity contribution in [2.45, 2.75) is 31.3 Å². The van der Waals surface area contributed by atoms with Crippen LogP contribution in [0.5, 0.6) is 0 Å². The summed E-state index contributed by atoms with van der Waals surface area (Å²) in [5, 5.41) is 7.32. The number of nitrogens with zero attached hydrogens (tertiary/aromatic N) is 2. The lowest BCUT2D eigenvalue weighted by Gasteiger charge is -2.10. The highest BCUT2D eigenvalue weighted by atomic mass is 32.2. The molecule has 0 saturated heterocycles. The fourth-order valence-corrected chi connectivity index (χ4v) is 3.15. The molecule has 0 aliphatic carbocycles. The third-order valence-electron chi connectivity index (χ3n) is 2.81. The number of benzene rings is 1. The largest absolute Gasteiger partial charge is 0.381 e. The third-order valence-corrected chi connectivity index (χ3v) is 4.48. The lowest BCUT2D eigenvalue weighted by atomic mass is 10.3. The Morgan fingerprint density at radius 2 is 1.90 bits per heavy atom. The van der Waals surface area contributed by atoms with Crippen LogP contribution in [-0.2, 0) is 23.6 Å². The van der Waals surface area contributed by atoms with E-state index >= 15 is 0 Å². The Bertz CT molecular complexity index is 690. The van der Waals surface area contributed by atoms with Gasteiger partial charge in [-0.2, -0.15) is 5.10 Å². The first kappa shape index (κ1) is 15.5. The fourth-order valence-electron chi connectivity index (χ4n) is 1.90. The zero-order valence-corrected chi connectivity index (χ0v) is 13.2. The molecule has 7 heteroatoms. The van der Waals surface area contributed by atoms with E-state index in [0.29, 0.717) is 6.54 Å². The Balaban J connectivity index is 2.02. The van der Waals surface area contributed by atoms with Gasteiger partial charge in [0.25, 0.3) is 0 Å². The van der Waals surface area contributed by atoms with Crippen LogP contribution in [0.15, 0.2) is 41.6 Å². The maximum atomic E-state index is 12.0. The van der Waals surface area contributed by atoms with Gasteiger partial charge in [-0.05, 0) is 38.1 Å². The monoisotopic (exact) mass is 308 g/mol. The fraction of sp³-hybridized carbons (Fsp3) is 0.357. The van der Waals surface area contributed by atoms with E-state index in [1.54, 1.807) is 49.0 Å². The number of hydrogen-bond acceptors (Lipinski definition) is 4. The second-order valence-corrected chi connectivity index (χ2v) is 6.89. The first-order valence-electron chi connectivity index (χ1n) is 6.70. The van der Waals surface area contributed by atoms with Crippen molar-refractivity contribution < 1.29 is 8.42 Å². The molecular weight excluding hydrogens is 288 g/mol. The summed E-state index contributed by atoms with van der Waals surface area (Å²) in [5.74, 6) is 0. The first-order chi connectivity index (χ1) is 9.87. The summed E-state index contributed by atoms with van der Waals surface area (Å²) in [6.45, 7) is 4.23. The van der Waals surface area contributed by atoms with E-state index in [0.717, 1.165) is 11.3 Å². The average molecular weight is 308 g/mol. The van der Waals surface area contributed by atoms with Crippen molar-refractivity contribution in [3.8, 4) is 0 Å². The quantitative estimate of drug-likeness (QED) is 0.852. The number of rotatable bonds is 6. The van der Waals surface area contributed by atoms with E-state index < -0.39 is 10.0 Å². The van der Waals surface area contributed by atoms with Crippen LogP contribution in [0.3, 0.4) is 0 Å². The van der Waals surface area contributed by atoms with Crippen molar-refractivity contribution in [2.24, 2.45) is 7.05 Å². The zero-order valence-electron chi connectivity index (χ0n) is 12.4. The first-order valence-corrected chi connectivity index (χ1v) is 8.19. The van der Waals surface area contributed by atoms with Gasteiger partial charge in [0.2, 0.25) is 10.0 Å². The molecular formula is C14H20N4O2S. The highest BCUT2D eigenvalue weighted by molar-refractivity contribution is 7.89. The molecule has 0 amide bonds. The smallest absolute Gasteiger partial charge is 0.240 e. The Hall–Kier alpha value is -1.86. The molecule has 0 radical (unpaired) electrons. The molecule has 21 heavy (non-hydrogen) atoms. The highest BCUT2D eigenvalue weighted by Crippen LogP contribution is 2.15. The van der Waals surface area contributed by atoms with Gasteiger partial charge in [-0.3, -0.25) is 4.68 Å². The lowest BCUT2D eigenvalue weighted by molar-refractivity contribution is 0.570. The van der Waals surface area contributed by atoms with Crippen LogP contribution in [-0.4, -0.2) is 24.2 Å². The molecule has 2 rings (SSSR count). The SMILES string of the molecule is CC(C)NS(=O)(=O)c1ccc(NCc2cnn(C)c2)cc1. The summed E-state index contributed by atoms with van der Waals surface area (Å²) in [4.78, 5) is 0.267. The van der Waals surface area contributed by atoms with Gasteiger partial charge >= 0.3 is 0 Å². The second-order valence-electron chi connectivity index (χ2n) is 5.18. The van der Waals surface area contributed by atoms with Crippen LogP contribution in [0.25, 0.3) is 0 Å². The molecule has 2 N–H and O–H groups in total. The van der Waals surface area contributed by atoms with E-state index in [4.69, 9.17) is 0 Å². The van der Waals surface area contributed by atoms with Crippen LogP contribution in [0, 0.1) is 0 Å². The number of anilines is 1. The Morgan fingerprint density at radius 1 is 1.24 bits per heavy atom. The van der Waals surface area contributed by atoms with Crippen molar-refractivity contribution in [3.63, 3.8) is 0 Å². The zero-order chi connectivity index (χ0) is 15.5. The van der Waals surface area contributed by atoms with E-state index in [9.17, 15) is 8.42 Å². The van der Waals surface area contributed by atoms with Gasteiger partial charge in [0.1, 0.15) is 0 Å². The minimum Gasteiger partial charge on any atom is -0.381 e. The second kappa shape index (κ2) is 6.28. The Morgan fingerprint density at radius 3 is 2.43 bits per heavy atom. The van der Waals surface area contributed by atoms with E-state index in [1.807, 2.05) is 13.2 Å². The van der Waals surface area contributed by atoms with Gasteiger partial charge in [0.15, 0.2) is 0 Å². The summed E-state index contributed by atoms with van der Waals surface area (Å²) >= 11 is 0. The molecule has 0 atom stereocenters. The molecule has 0 spiro atoms. The number of nitrogens with one attached hydrogen (secondary N) is 2. The van der Waals surface area contributed by atoms with Crippen molar-refractivity contribution in [1.29, 1.82) is 0 Å². The summed E-state index contributed by atoms with van der Waals surface area (Å²) in [7, 11) is -1.57. The van der Waals surface area contributed by atoms with Gasteiger partial charge in [-0.25, -0.2) is 13.1 Å². The molecule has 0 unspecified atom stereocenters. The van der Waals surface area contributed by atoms with Crippen LogP contribution >= 0.6 is 0 Å². The molecule has 0 aliphatic rings. The maximum Gasteiger partial charge on any atom is 0.240 e. The molecule has 0 bridgehead atoms. The highest BCUT2D eigenvalue weighted by Gasteiger charge is 2.14. The summed E-state index contributed by atoms with van der Waals surface area (Å²) in [5.41, 5.74) is 1.93. The predicted octanol–water partition coefficient (Wildman–Crippen LogP) is 1.72. The standard InChI is InChI=1S/C14H20N4O2S/c1-11(2)17-21(19,20)14-6-4-13(5-7-14)15-8-12-9-16-18(3)10-12/h4-7,9-11,15,17H,8H2,1-3H3. The molecule has 2 aromatic rings. The van der Waals surface area contributed by atoms with Crippen LogP contribution in [0.2, 0.25) is 0 Å². The molecule has 1 aromatic heterocycles.